The highest BCUT2D eigenvalue weighted by atomic mass is 17.1. The smallest absolute Gasteiger partial charge is 0.338 e. The zero-order chi connectivity index (χ0) is 15.8. The largest absolute Gasteiger partial charge is 0.456 e. The quantitative estimate of drug-likeness (QED) is 0.291. The van der Waals surface area contributed by atoms with Crippen molar-refractivity contribution in [3.05, 3.63) is 23.8 Å². The maximum Gasteiger partial charge on any atom is 0.338 e. The molecule has 0 amide bonds. The Morgan fingerprint density at radius 2 is 2.19 bits per heavy atom. The molecule has 2 aliphatic rings. The van der Waals surface area contributed by atoms with E-state index in [1.807, 2.05) is 0 Å². The van der Waals surface area contributed by atoms with E-state index in [9.17, 15) is 15.0 Å². The molecular weight excluding hydrogens is 276 g/mol. The molecule has 1 saturated heterocycles. The molecule has 0 aromatic carbocycles. The van der Waals surface area contributed by atoms with E-state index in [2.05, 4.69) is 11.5 Å². The first-order valence-electron chi connectivity index (χ1n) is 7.05. The fraction of sp³-hybridized carbons (Fsp3) is 0.667. The van der Waals surface area contributed by atoms with Gasteiger partial charge in [-0.2, -0.15) is 0 Å². The molecule has 0 saturated carbocycles. The first kappa shape index (κ1) is 16.2. The van der Waals surface area contributed by atoms with Gasteiger partial charge >= 0.3 is 5.97 Å². The summed E-state index contributed by atoms with van der Waals surface area (Å²) in [4.78, 5) is 16.2. The molecule has 1 aliphatic heterocycles. The third-order valence-corrected chi connectivity index (χ3v) is 4.52. The summed E-state index contributed by atoms with van der Waals surface area (Å²) in [5, 5.41) is 29.4. The van der Waals surface area contributed by atoms with Crippen LogP contribution in [0.3, 0.4) is 0 Å². The number of hydrogen-bond donors (Lipinski definition) is 3. The minimum atomic E-state index is -1.57. The Labute approximate surface area is 123 Å². The predicted molar refractivity (Wildman–Crippen MR) is 74.3 cm³/mol. The summed E-state index contributed by atoms with van der Waals surface area (Å²) in [6, 6.07) is 0. The van der Waals surface area contributed by atoms with Crippen LogP contribution in [-0.2, 0) is 14.4 Å². The molecule has 0 bridgehead atoms. The number of hydrogen-bond acceptors (Lipinski definition) is 6. The molecule has 0 spiro atoms. The van der Waals surface area contributed by atoms with Crippen LogP contribution in [0.4, 0.5) is 0 Å². The van der Waals surface area contributed by atoms with E-state index in [-0.39, 0.29) is 6.42 Å². The summed E-state index contributed by atoms with van der Waals surface area (Å²) < 4.78 is 5.23. The molecule has 3 N–H and O–H groups in total. The lowest BCUT2D eigenvalue weighted by Crippen LogP contribution is -2.39. The molecule has 0 aromatic heterocycles. The van der Waals surface area contributed by atoms with Crippen LogP contribution in [0.25, 0.3) is 0 Å². The fourth-order valence-electron chi connectivity index (χ4n) is 2.94. The zero-order valence-electron chi connectivity index (χ0n) is 12.3. The number of aliphatic hydroxyl groups excluding tert-OH is 1. The van der Waals surface area contributed by atoms with Crippen molar-refractivity contribution < 1.29 is 29.9 Å². The number of aliphatic hydroxyl groups is 2. The van der Waals surface area contributed by atoms with Gasteiger partial charge in [0.25, 0.3) is 0 Å². The lowest BCUT2D eigenvalue weighted by molar-refractivity contribution is -0.272. The van der Waals surface area contributed by atoms with E-state index in [4.69, 9.17) is 9.99 Å². The van der Waals surface area contributed by atoms with Crippen LogP contribution < -0.4 is 0 Å². The van der Waals surface area contributed by atoms with Crippen LogP contribution in [0.2, 0.25) is 0 Å². The summed E-state index contributed by atoms with van der Waals surface area (Å²) in [5.74, 6) is -1.09. The second-order valence-electron chi connectivity index (χ2n) is 6.08. The number of esters is 1. The third-order valence-electron chi connectivity index (χ3n) is 4.52. The van der Waals surface area contributed by atoms with Crippen molar-refractivity contribution >= 4 is 5.97 Å². The SMILES string of the molecule is C=C1CC[C@@H]2[C@@H](/C=C(\C)[C@H](O)C[C@H]1OO)OC(=O)[C@]2(C)O. The Hall–Kier alpha value is -1.21. The molecule has 1 aliphatic carbocycles. The summed E-state index contributed by atoms with van der Waals surface area (Å²) in [5.41, 5.74) is -0.353. The average molecular weight is 298 g/mol. The normalized spacial score (nSPS) is 43.8. The van der Waals surface area contributed by atoms with E-state index in [1.165, 1.54) is 6.92 Å². The highest BCUT2D eigenvalue weighted by Crippen LogP contribution is 2.38. The van der Waals surface area contributed by atoms with E-state index in [0.29, 0.717) is 24.0 Å². The Balaban J connectivity index is 2.34. The second kappa shape index (κ2) is 5.88. The molecule has 21 heavy (non-hydrogen) atoms. The Morgan fingerprint density at radius 3 is 2.81 bits per heavy atom. The van der Waals surface area contributed by atoms with Gasteiger partial charge in [0, 0.05) is 12.3 Å². The van der Waals surface area contributed by atoms with Gasteiger partial charge in [0.2, 0.25) is 0 Å². The van der Waals surface area contributed by atoms with Crippen molar-refractivity contribution in [3.63, 3.8) is 0 Å². The average Bonchev–Trinajstić information content (AvgIpc) is 2.62. The van der Waals surface area contributed by atoms with Crippen molar-refractivity contribution in [1.82, 2.24) is 0 Å². The first-order valence-corrected chi connectivity index (χ1v) is 7.05. The zero-order valence-corrected chi connectivity index (χ0v) is 12.3. The maximum absolute atomic E-state index is 11.8. The van der Waals surface area contributed by atoms with Crippen molar-refractivity contribution in [2.45, 2.75) is 57.0 Å². The molecule has 0 aromatic rings. The number of ether oxygens (including phenoxy) is 1. The van der Waals surface area contributed by atoms with Gasteiger partial charge in [-0.3, -0.25) is 5.26 Å². The van der Waals surface area contributed by atoms with Gasteiger partial charge in [-0.25, -0.2) is 9.68 Å². The third kappa shape index (κ3) is 3.03. The molecule has 6 heteroatoms. The molecule has 0 unspecified atom stereocenters. The van der Waals surface area contributed by atoms with Gasteiger partial charge in [-0.15, -0.1) is 0 Å². The predicted octanol–water partition coefficient (Wildman–Crippen LogP) is 1.18. The second-order valence-corrected chi connectivity index (χ2v) is 6.08. The van der Waals surface area contributed by atoms with Gasteiger partial charge in [0.05, 0.1) is 6.10 Å². The van der Waals surface area contributed by atoms with Crippen molar-refractivity contribution in [2.24, 2.45) is 5.92 Å². The lowest BCUT2D eigenvalue weighted by Gasteiger charge is -2.27. The number of fused-ring (bicyclic) bond motifs is 1. The van der Waals surface area contributed by atoms with Crippen molar-refractivity contribution in [1.29, 1.82) is 0 Å². The standard InChI is InChI=1S/C15H22O6/c1-8-4-5-10-13(20-14(17)15(10,3)18)6-9(2)11(16)7-12(8)21-19/h6,10-13,16,18-19H,1,4-5,7H2,2-3H3/b9-6+/t10-,11-,12-,13-,15-/m1/s1. The van der Waals surface area contributed by atoms with E-state index in [0.717, 1.165) is 0 Å². The molecule has 2 rings (SSSR count). The highest BCUT2D eigenvalue weighted by Gasteiger charge is 2.52. The Kier molecular flexibility index (Phi) is 4.53. The summed E-state index contributed by atoms with van der Waals surface area (Å²) in [6.07, 6.45) is 0.684. The molecule has 0 radical (unpaired) electrons. The molecule has 118 valence electrons. The summed E-state index contributed by atoms with van der Waals surface area (Å²) in [7, 11) is 0. The van der Waals surface area contributed by atoms with Gasteiger partial charge in [-0.05, 0) is 43.9 Å². The van der Waals surface area contributed by atoms with Crippen molar-refractivity contribution in [2.75, 3.05) is 0 Å². The van der Waals surface area contributed by atoms with E-state index < -0.39 is 35.8 Å². The van der Waals surface area contributed by atoms with Crippen LogP contribution in [0, 0.1) is 5.92 Å². The Morgan fingerprint density at radius 1 is 1.52 bits per heavy atom. The van der Waals surface area contributed by atoms with Gasteiger partial charge in [-0.1, -0.05) is 6.58 Å². The maximum atomic E-state index is 11.8. The molecule has 5 atom stereocenters. The van der Waals surface area contributed by atoms with Gasteiger partial charge in [0.15, 0.2) is 5.60 Å². The number of carbonyl (C=O) groups excluding carboxylic acids is 1. The molecule has 6 nitrogen and oxygen atoms in total. The van der Waals surface area contributed by atoms with Gasteiger partial charge in [0.1, 0.15) is 12.2 Å². The summed E-state index contributed by atoms with van der Waals surface area (Å²) >= 11 is 0. The molecule has 1 heterocycles. The lowest BCUT2D eigenvalue weighted by atomic mass is 9.80. The van der Waals surface area contributed by atoms with Crippen LogP contribution >= 0.6 is 0 Å². The molecular formula is C15H22O6. The summed E-state index contributed by atoms with van der Waals surface area (Å²) in [6.45, 7) is 7.01. The number of carbonyl (C=O) groups is 1. The highest BCUT2D eigenvalue weighted by molar-refractivity contribution is 5.82. The monoisotopic (exact) mass is 298 g/mol. The van der Waals surface area contributed by atoms with Crippen LogP contribution in [0.1, 0.15) is 33.1 Å². The topological polar surface area (TPSA) is 96.2 Å². The first-order chi connectivity index (χ1) is 9.77. The van der Waals surface area contributed by atoms with E-state index >= 15 is 0 Å². The number of rotatable bonds is 1. The minimum Gasteiger partial charge on any atom is -0.456 e. The minimum absolute atomic E-state index is 0.180. The van der Waals surface area contributed by atoms with Crippen LogP contribution in [-0.4, -0.2) is 45.4 Å². The van der Waals surface area contributed by atoms with Crippen molar-refractivity contribution in [3.8, 4) is 0 Å². The fourth-order valence-corrected chi connectivity index (χ4v) is 2.94. The van der Waals surface area contributed by atoms with Gasteiger partial charge < -0.3 is 14.9 Å². The molecule has 1 fully saturated rings. The van der Waals surface area contributed by atoms with Crippen LogP contribution in [0.5, 0.6) is 0 Å². The van der Waals surface area contributed by atoms with E-state index in [1.54, 1.807) is 13.0 Å². The van der Waals surface area contributed by atoms with Crippen LogP contribution in [0.15, 0.2) is 23.8 Å². The Bertz CT molecular complexity index is 467.